The zero-order valence-corrected chi connectivity index (χ0v) is 12.9. The van der Waals surface area contributed by atoms with Crippen molar-refractivity contribution >= 4 is 5.78 Å². The van der Waals surface area contributed by atoms with Crippen molar-refractivity contribution in [2.24, 2.45) is 17.8 Å². The van der Waals surface area contributed by atoms with Crippen molar-refractivity contribution < 1.29 is 9.53 Å². The summed E-state index contributed by atoms with van der Waals surface area (Å²) in [6.07, 6.45) is 5.47. The van der Waals surface area contributed by atoms with Gasteiger partial charge in [-0.05, 0) is 43.6 Å². The van der Waals surface area contributed by atoms with Crippen molar-refractivity contribution in [3.8, 4) is 5.88 Å². The van der Waals surface area contributed by atoms with Crippen molar-refractivity contribution in [1.82, 2.24) is 4.98 Å². The maximum Gasteiger partial charge on any atom is 0.213 e. The summed E-state index contributed by atoms with van der Waals surface area (Å²) in [4.78, 5) is 15.5. The minimum Gasteiger partial charge on any atom is -0.474 e. The van der Waals surface area contributed by atoms with Gasteiger partial charge in [-0.15, -0.1) is 0 Å². The summed E-state index contributed by atoms with van der Waals surface area (Å²) in [5.74, 6) is 2.62. The largest absolute Gasteiger partial charge is 0.474 e. The van der Waals surface area contributed by atoms with Crippen LogP contribution >= 0.6 is 0 Å². The van der Waals surface area contributed by atoms with Crippen molar-refractivity contribution in [3.63, 3.8) is 0 Å². The van der Waals surface area contributed by atoms with Gasteiger partial charge in [0.2, 0.25) is 5.88 Å². The van der Waals surface area contributed by atoms with E-state index in [2.05, 4.69) is 25.8 Å². The summed E-state index contributed by atoms with van der Waals surface area (Å²) in [6, 6.07) is 3.61. The average Bonchev–Trinajstić information content (AvgIpc) is 2.39. The molecule has 3 unspecified atom stereocenters. The second kappa shape index (κ2) is 6.38. The first-order valence-electron chi connectivity index (χ1n) is 7.61. The van der Waals surface area contributed by atoms with E-state index in [1.54, 1.807) is 19.2 Å². The van der Waals surface area contributed by atoms with Crippen LogP contribution in [0.1, 0.15) is 57.3 Å². The summed E-state index contributed by atoms with van der Waals surface area (Å²) in [7, 11) is 0. The van der Waals surface area contributed by atoms with E-state index < -0.39 is 0 Å². The Morgan fingerprint density at radius 1 is 1.35 bits per heavy atom. The molecule has 0 N–H and O–H groups in total. The Morgan fingerprint density at radius 3 is 2.65 bits per heavy atom. The normalized spacial score (nSPS) is 26.6. The number of nitrogens with zero attached hydrogens (tertiary/aromatic N) is 1. The Balaban J connectivity index is 2.07. The number of carbonyl (C=O) groups is 1. The summed E-state index contributed by atoms with van der Waals surface area (Å²) < 4.78 is 6.11. The van der Waals surface area contributed by atoms with Crippen LogP contribution in [-0.2, 0) is 0 Å². The van der Waals surface area contributed by atoms with Crippen LogP contribution in [0.2, 0.25) is 0 Å². The number of aromatic nitrogens is 1. The highest BCUT2D eigenvalue weighted by molar-refractivity contribution is 5.93. The highest BCUT2D eigenvalue weighted by Gasteiger charge is 2.32. The number of pyridine rings is 1. The van der Waals surface area contributed by atoms with E-state index in [-0.39, 0.29) is 11.9 Å². The topological polar surface area (TPSA) is 39.2 Å². The standard InChI is InChI=1S/C17H25NO2/c1-11(2)15-7-5-12(3)9-16(15)20-17-8-6-14(10-18-17)13(4)19/h6,8,10-12,15-16H,5,7,9H2,1-4H3. The fourth-order valence-electron chi connectivity index (χ4n) is 3.06. The first-order valence-corrected chi connectivity index (χ1v) is 7.61. The molecule has 0 radical (unpaired) electrons. The van der Waals surface area contributed by atoms with Gasteiger partial charge in [-0.1, -0.05) is 27.2 Å². The molecule has 1 heterocycles. The number of carbonyl (C=O) groups excluding carboxylic acids is 1. The fraction of sp³-hybridized carbons (Fsp3) is 0.647. The molecule has 1 aromatic heterocycles. The lowest BCUT2D eigenvalue weighted by Gasteiger charge is -2.37. The Bertz CT molecular complexity index is 453. The molecule has 0 aliphatic heterocycles. The molecule has 1 saturated carbocycles. The van der Waals surface area contributed by atoms with E-state index in [1.807, 2.05) is 6.07 Å². The third-order valence-corrected chi connectivity index (χ3v) is 4.38. The highest BCUT2D eigenvalue weighted by atomic mass is 16.5. The first kappa shape index (κ1) is 15.0. The van der Waals surface area contributed by atoms with Crippen molar-refractivity contribution in [3.05, 3.63) is 23.9 Å². The average molecular weight is 275 g/mol. The monoisotopic (exact) mass is 275 g/mol. The summed E-state index contributed by atoms with van der Waals surface area (Å²) in [5, 5.41) is 0. The maximum absolute atomic E-state index is 11.3. The van der Waals surface area contributed by atoms with E-state index >= 15 is 0 Å². The Hall–Kier alpha value is -1.38. The molecule has 1 aliphatic carbocycles. The molecule has 0 amide bonds. The molecule has 0 saturated heterocycles. The minimum atomic E-state index is 0.0374. The van der Waals surface area contributed by atoms with Crippen LogP contribution in [0.3, 0.4) is 0 Å². The predicted molar refractivity (Wildman–Crippen MR) is 80.0 cm³/mol. The molecule has 1 aliphatic rings. The third kappa shape index (κ3) is 3.59. The SMILES string of the molecule is CC(=O)c1ccc(OC2CC(C)CCC2C(C)C)nc1. The molecule has 1 aromatic rings. The Morgan fingerprint density at radius 2 is 2.10 bits per heavy atom. The number of ketones is 1. The van der Waals surface area contributed by atoms with Gasteiger partial charge in [-0.3, -0.25) is 4.79 Å². The summed E-state index contributed by atoms with van der Waals surface area (Å²) in [5.41, 5.74) is 0.634. The van der Waals surface area contributed by atoms with E-state index in [1.165, 1.54) is 12.8 Å². The van der Waals surface area contributed by atoms with Crippen molar-refractivity contribution in [2.75, 3.05) is 0 Å². The molecule has 2 rings (SSSR count). The molecule has 110 valence electrons. The molecule has 0 bridgehead atoms. The van der Waals surface area contributed by atoms with Crippen LogP contribution in [0, 0.1) is 17.8 Å². The molecule has 3 heteroatoms. The van der Waals surface area contributed by atoms with Gasteiger partial charge < -0.3 is 4.74 Å². The number of ether oxygens (including phenoxy) is 1. The van der Waals surface area contributed by atoms with E-state index in [9.17, 15) is 4.79 Å². The van der Waals surface area contributed by atoms with Crippen LogP contribution in [0.15, 0.2) is 18.3 Å². The van der Waals surface area contributed by atoms with Crippen LogP contribution in [0.25, 0.3) is 0 Å². The molecular formula is C17H25NO2. The molecule has 0 spiro atoms. The lowest BCUT2D eigenvalue weighted by molar-refractivity contribution is 0.0426. The molecular weight excluding hydrogens is 250 g/mol. The van der Waals surface area contributed by atoms with Gasteiger partial charge in [-0.25, -0.2) is 4.98 Å². The lowest BCUT2D eigenvalue weighted by Crippen LogP contribution is -2.36. The van der Waals surface area contributed by atoms with Crippen LogP contribution in [-0.4, -0.2) is 16.9 Å². The second-order valence-corrected chi connectivity index (χ2v) is 6.42. The lowest BCUT2D eigenvalue weighted by atomic mass is 9.75. The van der Waals surface area contributed by atoms with E-state index in [0.29, 0.717) is 29.2 Å². The molecule has 3 nitrogen and oxygen atoms in total. The summed E-state index contributed by atoms with van der Waals surface area (Å²) in [6.45, 7) is 8.38. The zero-order chi connectivity index (χ0) is 14.7. The summed E-state index contributed by atoms with van der Waals surface area (Å²) >= 11 is 0. The van der Waals surface area contributed by atoms with Gasteiger partial charge in [0.05, 0.1) is 0 Å². The smallest absolute Gasteiger partial charge is 0.213 e. The number of Topliss-reactive ketones (excluding diaryl/α,β-unsaturated/α-hetero) is 1. The molecule has 20 heavy (non-hydrogen) atoms. The van der Waals surface area contributed by atoms with Gasteiger partial charge in [0, 0.05) is 17.8 Å². The van der Waals surface area contributed by atoms with Gasteiger partial charge in [0.15, 0.2) is 5.78 Å². The first-order chi connectivity index (χ1) is 9.47. The van der Waals surface area contributed by atoms with Crippen molar-refractivity contribution in [2.45, 2.75) is 53.1 Å². The van der Waals surface area contributed by atoms with Gasteiger partial charge in [0.25, 0.3) is 0 Å². The second-order valence-electron chi connectivity index (χ2n) is 6.42. The number of rotatable bonds is 4. The molecule has 1 fully saturated rings. The van der Waals surface area contributed by atoms with Crippen LogP contribution in [0.5, 0.6) is 5.88 Å². The quantitative estimate of drug-likeness (QED) is 0.776. The van der Waals surface area contributed by atoms with E-state index in [0.717, 1.165) is 6.42 Å². The van der Waals surface area contributed by atoms with Gasteiger partial charge in [-0.2, -0.15) is 0 Å². The van der Waals surface area contributed by atoms with Crippen molar-refractivity contribution in [1.29, 1.82) is 0 Å². The molecule has 3 atom stereocenters. The maximum atomic E-state index is 11.3. The zero-order valence-electron chi connectivity index (χ0n) is 12.9. The number of hydrogen-bond donors (Lipinski definition) is 0. The van der Waals surface area contributed by atoms with Crippen LogP contribution < -0.4 is 4.74 Å². The fourth-order valence-corrected chi connectivity index (χ4v) is 3.06. The molecule has 0 aromatic carbocycles. The van der Waals surface area contributed by atoms with Crippen LogP contribution in [0.4, 0.5) is 0 Å². The minimum absolute atomic E-state index is 0.0374. The number of hydrogen-bond acceptors (Lipinski definition) is 3. The Kier molecular flexibility index (Phi) is 4.79. The highest BCUT2D eigenvalue weighted by Crippen LogP contribution is 2.35. The van der Waals surface area contributed by atoms with E-state index in [4.69, 9.17) is 4.74 Å². The predicted octanol–water partition coefficient (Wildman–Crippen LogP) is 4.12. The van der Waals surface area contributed by atoms with Gasteiger partial charge >= 0.3 is 0 Å². The van der Waals surface area contributed by atoms with Gasteiger partial charge in [0.1, 0.15) is 6.10 Å². The Labute approximate surface area is 121 Å². The third-order valence-electron chi connectivity index (χ3n) is 4.38.